The third-order valence-electron chi connectivity index (χ3n) is 2.59. The average Bonchev–Trinajstić information content (AvgIpc) is 2.65. The van der Waals surface area contributed by atoms with Crippen LogP contribution in [0.25, 0.3) is 0 Å². The van der Waals surface area contributed by atoms with Gasteiger partial charge in [-0.25, -0.2) is 4.39 Å². The molecule has 1 N–H and O–H groups in total. The SMILES string of the molecule is OC(c1ccc(C(F)(F)F)c(F)c1)c1cc(Br)sc1Br. The second-order valence-electron chi connectivity index (χ2n) is 3.92. The Kier molecular flexibility index (Phi) is 4.58. The normalized spacial score (nSPS) is 13.6. The molecule has 8 heteroatoms. The summed E-state index contributed by atoms with van der Waals surface area (Å²) in [6.07, 6.45) is -5.96. The fraction of sp³-hybridized carbons (Fsp3) is 0.167. The first-order chi connectivity index (χ1) is 9.20. The summed E-state index contributed by atoms with van der Waals surface area (Å²) < 4.78 is 52.2. The molecule has 2 rings (SSSR count). The van der Waals surface area contributed by atoms with Crippen LogP contribution in [0.3, 0.4) is 0 Å². The van der Waals surface area contributed by atoms with E-state index in [0.29, 0.717) is 21.5 Å². The first-order valence-electron chi connectivity index (χ1n) is 5.19. The Labute approximate surface area is 132 Å². The zero-order valence-electron chi connectivity index (χ0n) is 9.51. The van der Waals surface area contributed by atoms with Crippen LogP contribution in [0.4, 0.5) is 17.6 Å². The lowest BCUT2D eigenvalue weighted by Crippen LogP contribution is -2.09. The van der Waals surface area contributed by atoms with Crippen molar-refractivity contribution in [2.45, 2.75) is 12.3 Å². The zero-order chi connectivity index (χ0) is 15.1. The van der Waals surface area contributed by atoms with E-state index in [9.17, 15) is 22.7 Å². The summed E-state index contributed by atoms with van der Waals surface area (Å²) in [7, 11) is 0. The quantitative estimate of drug-likeness (QED) is 0.619. The van der Waals surface area contributed by atoms with Gasteiger partial charge in [0.2, 0.25) is 0 Å². The molecule has 0 aliphatic rings. The summed E-state index contributed by atoms with van der Waals surface area (Å²) in [5.74, 6) is -1.40. The molecule has 0 aliphatic heterocycles. The van der Waals surface area contributed by atoms with Gasteiger partial charge in [0.15, 0.2) is 0 Å². The van der Waals surface area contributed by atoms with E-state index in [1.807, 2.05) is 0 Å². The number of benzene rings is 1. The molecule has 0 bridgehead atoms. The molecule has 1 heterocycles. The van der Waals surface area contributed by atoms with E-state index < -0.39 is 23.7 Å². The molecule has 1 atom stereocenters. The number of aliphatic hydroxyl groups is 1. The van der Waals surface area contributed by atoms with Crippen LogP contribution < -0.4 is 0 Å². The second kappa shape index (κ2) is 5.75. The Bertz CT molecular complexity index is 639. The lowest BCUT2D eigenvalue weighted by Gasteiger charge is -2.13. The van der Waals surface area contributed by atoms with Crippen molar-refractivity contribution in [3.8, 4) is 0 Å². The maximum atomic E-state index is 13.5. The molecule has 0 aliphatic carbocycles. The van der Waals surface area contributed by atoms with Gasteiger partial charge in [0, 0.05) is 5.56 Å². The minimum atomic E-state index is -4.75. The fourth-order valence-electron chi connectivity index (χ4n) is 1.65. The molecule has 0 saturated carbocycles. The van der Waals surface area contributed by atoms with Gasteiger partial charge >= 0.3 is 6.18 Å². The number of thiophene rings is 1. The summed E-state index contributed by atoms with van der Waals surface area (Å²) in [5.41, 5.74) is -0.832. The highest BCUT2D eigenvalue weighted by molar-refractivity contribution is 9.12. The molecule has 1 aromatic carbocycles. The summed E-state index contributed by atoms with van der Waals surface area (Å²) in [5, 5.41) is 10.1. The van der Waals surface area contributed by atoms with Crippen molar-refractivity contribution < 1.29 is 22.7 Å². The molecule has 2 aromatic rings. The predicted octanol–water partition coefficient (Wildman–Crippen LogP) is 5.51. The van der Waals surface area contributed by atoms with E-state index in [4.69, 9.17) is 0 Å². The minimum Gasteiger partial charge on any atom is -0.384 e. The average molecular weight is 434 g/mol. The summed E-state index contributed by atoms with van der Waals surface area (Å²) in [6, 6.07) is 4.01. The molecule has 0 spiro atoms. The Balaban J connectivity index is 2.39. The van der Waals surface area contributed by atoms with Crippen molar-refractivity contribution in [1.82, 2.24) is 0 Å². The van der Waals surface area contributed by atoms with Gasteiger partial charge in [-0.1, -0.05) is 6.07 Å². The first-order valence-corrected chi connectivity index (χ1v) is 7.60. The zero-order valence-corrected chi connectivity index (χ0v) is 13.5. The lowest BCUT2D eigenvalue weighted by molar-refractivity contribution is -0.140. The van der Waals surface area contributed by atoms with Crippen molar-refractivity contribution in [2.24, 2.45) is 0 Å². The molecule has 0 amide bonds. The molecule has 1 nitrogen and oxygen atoms in total. The molecular formula is C12H6Br2F4OS. The van der Waals surface area contributed by atoms with E-state index in [2.05, 4.69) is 31.9 Å². The molecule has 108 valence electrons. The highest BCUT2D eigenvalue weighted by Crippen LogP contribution is 2.39. The summed E-state index contributed by atoms with van der Waals surface area (Å²) >= 11 is 7.77. The molecule has 0 saturated heterocycles. The first kappa shape index (κ1) is 15.9. The largest absolute Gasteiger partial charge is 0.419 e. The topological polar surface area (TPSA) is 20.2 Å². The monoisotopic (exact) mass is 432 g/mol. The van der Waals surface area contributed by atoms with Gasteiger partial charge in [0.1, 0.15) is 11.9 Å². The number of hydrogen-bond donors (Lipinski definition) is 1. The maximum absolute atomic E-state index is 13.5. The van der Waals surface area contributed by atoms with Gasteiger partial charge in [-0.05, 0) is 55.6 Å². The van der Waals surface area contributed by atoms with Crippen LogP contribution in [0.15, 0.2) is 31.8 Å². The summed E-state index contributed by atoms with van der Waals surface area (Å²) in [4.78, 5) is 0. The van der Waals surface area contributed by atoms with E-state index in [1.54, 1.807) is 6.07 Å². The van der Waals surface area contributed by atoms with Gasteiger partial charge in [-0.2, -0.15) is 13.2 Å². The van der Waals surface area contributed by atoms with Gasteiger partial charge in [0.25, 0.3) is 0 Å². The number of halogens is 6. The van der Waals surface area contributed by atoms with Crippen LogP contribution in [0.2, 0.25) is 0 Å². The Morgan fingerprint density at radius 1 is 1.15 bits per heavy atom. The van der Waals surface area contributed by atoms with Crippen molar-refractivity contribution in [3.63, 3.8) is 0 Å². The van der Waals surface area contributed by atoms with Crippen LogP contribution in [0, 0.1) is 5.82 Å². The lowest BCUT2D eigenvalue weighted by atomic mass is 10.0. The molecular weight excluding hydrogens is 428 g/mol. The molecule has 20 heavy (non-hydrogen) atoms. The Hall–Kier alpha value is -0.440. The van der Waals surface area contributed by atoms with Gasteiger partial charge < -0.3 is 5.11 Å². The molecule has 1 unspecified atom stereocenters. The number of alkyl halides is 3. The number of hydrogen-bond acceptors (Lipinski definition) is 2. The van der Waals surface area contributed by atoms with Gasteiger partial charge in [-0.3, -0.25) is 0 Å². The number of aliphatic hydroxyl groups excluding tert-OH is 1. The van der Waals surface area contributed by atoms with E-state index >= 15 is 0 Å². The Morgan fingerprint density at radius 3 is 2.25 bits per heavy atom. The third kappa shape index (κ3) is 3.24. The predicted molar refractivity (Wildman–Crippen MR) is 75.2 cm³/mol. The minimum absolute atomic E-state index is 0.0569. The highest BCUT2D eigenvalue weighted by atomic mass is 79.9. The van der Waals surface area contributed by atoms with E-state index in [-0.39, 0.29) is 5.56 Å². The smallest absolute Gasteiger partial charge is 0.384 e. The molecule has 0 fully saturated rings. The standard InChI is InChI=1S/C12H6Br2F4OS/c13-9-4-6(11(14)20-9)10(19)5-1-2-7(8(15)3-5)12(16,17)18/h1-4,10,19H. The van der Waals surface area contributed by atoms with E-state index in [0.717, 1.165) is 9.85 Å². The van der Waals surface area contributed by atoms with Crippen LogP contribution in [-0.4, -0.2) is 5.11 Å². The fourth-order valence-corrected chi connectivity index (χ4v) is 4.53. The Morgan fingerprint density at radius 2 is 1.80 bits per heavy atom. The van der Waals surface area contributed by atoms with Gasteiger partial charge in [-0.15, -0.1) is 11.3 Å². The second-order valence-corrected chi connectivity index (χ2v) is 7.67. The van der Waals surface area contributed by atoms with Crippen molar-refractivity contribution in [1.29, 1.82) is 0 Å². The van der Waals surface area contributed by atoms with Crippen LogP contribution in [0.1, 0.15) is 22.8 Å². The third-order valence-corrected chi connectivity index (χ3v) is 4.98. The highest BCUT2D eigenvalue weighted by Gasteiger charge is 2.34. The van der Waals surface area contributed by atoms with Crippen molar-refractivity contribution in [3.05, 3.63) is 54.3 Å². The van der Waals surface area contributed by atoms with Crippen molar-refractivity contribution in [2.75, 3.05) is 0 Å². The van der Waals surface area contributed by atoms with Crippen LogP contribution in [0.5, 0.6) is 0 Å². The van der Waals surface area contributed by atoms with Crippen LogP contribution >= 0.6 is 43.2 Å². The molecule has 0 radical (unpaired) electrons. The summed E-state index contributed by atoms with van der Waals surface area (Å²) in [6.45, 7) is 0. The number of rotatable bonds is 2. The van der Waals surface area contributed by atoms with E-state index in [1.165, 1.54) is 11.3 Å². The van der Waals surface area contributed by atoms with Crippen LogP contribution in [-0.2, 0) is 6.18 Å². The molecule has 1 aromatic heterocycles. The maximum Gasteiger partial charge on any atom is 0.419 e. The van der Waals surface area contributed by atoms with Crippen molar-refractivity contribution >= 4 is 43.2 Å². The van der Waals surface area contributed by atoms with Gasteiger partial charge in [0.05, 0.1) is 13.1 Å².